The molecule has 1 unspecified atom stereocenters. The highest BCUT2D eigenvalue weighted by Gasteiger charge is 2.39. The van der Waals surface area contributed by atoms with Crippen LogP contribution in [0.2, 0.25) is 0 Å². The number of aryl methyl sites for hydroxylation is 2. The Bertz CT molecular complexity index is 479. The van der Waals surface area contributed by atoms with Crippen molar-refractivity contribution in [2.75, 3.05) is 0 Å². The number of Topliss-reactive ketones (excluding diaryl/α,β-unsaturated/α-hetero) is 1. The second-order valence-corrected chi connectivity index (χ2v) is 6.07. The lowest BCUT2D eigenvalue weighted by Gasteiger charge is -2.32. The quantitative estimate of drug-likeness (QED) is 0.778. The van der Waals surface area contributed by atoms with Gasteiger partial charge in [-0.25, -0.2) is 0 Å². The fourth-order valence-corrected chi connectivity index (χ4v) is 3.37. The van der Waals surface area contributed by atoms with E-state index in [0.29, 0.717) is 0 Å². The summed E-state index contributed by atoms with van der Waals surface area (Å²) in [5, 5.41) is 0. The zero-order valence-corrected chi connectivity index (χ0v) is 10.6. The highest BCUT2D eigenvalue weighted by molar-refractivity contribution is 6.02. The number of fused-ring (bicyclic) bond motifs is 3. The van der Waals surface area contributed by atoms with Gasteiger partial charge in [0, 0.05) is 28.4 Å². The number of H-pyrrole nitrogens is 1. The number of aromatic nitrogens is 1. The molecule has 0 saturated carbocycles. The minimum Gasteiger partial charge on any atom is -0.361 e. The first kappa shape index (κ1) is 11.0. The van der Waals surface area contributed by atoms with E-state index < -0.39 is 5.54 Å². The lowest BCUT2D eigenvalue weighted by atomic mass is 9.74. The van der Waals surface area contributed by atoms with Crippen molar-refractivity contribution in [1.82, 2.24) is 4.98 Å². The summed E-state index contributed by atoms with van der Waals surface area (Å²) in [7, 11) is 0. The summed E-state index contributed by atoms with van der Waals surface area (Å²) in [6, 6.07) is 0. The first-order valence-corrected chi connectivity index (χ1v) is 6.54. The van der Waals surface area contributed by atoms with Gasteiger partial charge < -0.3 is 10.7 Å². The van der Waals surface area contributed by atoms with E-state index in [9.17, 15) is 4.79 Å². The number of carbonyl (C=O) groups excluding carboxylic acids is 1. The lowest BCUT2D eigenvalue weighted by Crippen LogP contribution is -2.46. The minimum absolute atomic E-state index is 0.0181. The molecule has 3 N–H and O–H groups in total. The van der Waals surface area contributed by atoms with Gasteiger partial charge in [-0.15, -0.1) is 0 Å². The van der Waals surface area contributed by atoms with E-state index >= 15 is 0 Å². The maximum Gasteiger partial charge on any atom is 0.169 e. The first-order valence-electron chi connectivity index (χ1n) is 6.54. The summed E-state index contributed by atoms with van der Waals surface area (Å²) in [5.74, 6) is 0.258. The summed E-state index contributed by atoms with van der Waals surface area (Å²) < 4.78 is 0. The predicted molar refractivity (Wildman–Crippen MR) is 67.2 cm³/mol. The third-order valence-electron chi connectivity index (χ3n) is 4.27. The summed E-state index contributed by atoms with van der Waals surface area (Å²) in [4.78, 5) is 16.0. The van der Waals surface area contributed by atoms with Gasteiger partial charge in [0.15, 0.2) is 5.78 Å². The first-order chi connectivity index (χ1) is 7.98. The monoisotopic (exact) mass is 232 g/mol. The number of nitrogens with two attached hydrogens (primary N) is 1. The summed E-state index contributed by atoms with van der Waals surface area (Å²) in [5.41, 5.74) is 10.5. The zero-order chi connectivity index (χ0) is 12.2. The molecule has 0 aromatic carbocycles. The van der Waals surface area contributed by atoms with Crippen molar-refractivity contribution in [3.63, 3.8) is 0 Å². The van der Waals surface area contributed by atoms with E-state index in [4.69, 9.17) is 5.73 Å². The standard InChI is InChI=1S/C14H20N2O/c1-14(2,15)9-6-7-11-12(13(9)17)8-4-3-5-10(8)16-11/h9,16H,3-7,15H2,1-2H3. The zero-order valence-electron chi connectivity index (χ0n) is 10.6. The Labute approximate surface area is 102 Å². The second-order valence-electron chi connectivity index (χ2n) is 6.07. The maximum absolute atomic E-state index is 12.6. The highest BCUT2D eigenvalue weighted by Crippen LogP contribution is 2.37. The van der Waals surface area contributed by atoms with Gasteiger partial charge in [-0.1, -0.05) is 0 Å². The van der Waals surface area contributed by atoms with Crippen LogP contribution in [0.25, 0.3) is 0 Å². The van der Waals surface area contributed by atoms with Gasteiger partial charge in [0.25, 0.3) is 0 Å². The van der Waals surface area contributed by atoms with Crippen LogP contribution < -0.4 is 5.73 Å². The van der Waals surface area contributed by atoms with Crippen molar-refractivity contribution in [2.45, 2.75) is 51.5 Å². The van der Waals surface area contributed by atoms with Crippen molar-refractivity contribution < 1.29 is 4.79 Å². The SMILES string of the molecule is CC(C)(N)C1CCc2[nH]c3c(c2C1=O)CCC3. The van der Waals surface area contributed by atoms with E-state index in [1.807, 2.05) is 13.8 Å². The fraction of sp³-hybridized carbons (Fsp3) is 0.643. The van der Waals surface area contributed by atoms with E-state index in [-0.39, 0.29) is 11.7 Å². The van der Waals surface area contributed by atoms with Crippen molar-refractivity contribution in [3.8, 4) is 0 Å². The molecule has 17 heavy (non-hydrogen) atoms. The normalized spacial score (nSPS) is 23.7. The van der Waals surface area contributed by atoms with Crippen molar-refractivity contribution >= 4 is 5.78 Å². The lowest BCUT2D eigenvalue weighted by molar-refractivity contribution is 0.0843. The van der Waals surface area contributed by atoms with Crippen LogP contribution in [-0.2, 0) is 19.3 Å². The number of rotatable bonds is 1. The van der Waals surface area contributed by atoms with Crippen molar-refractivity contribution in [1.29, 1.82) is 0 Å². The average molecular weight is 232 g/mol. The second kappa shape index (κ2) is 3.45. The van der Waals surface area contributed by atoms with Gasteiger partial charge in [0.05, 0.1) is 0 Å². The van der Waals surface area contributed by atoms with Crippen molar-refractivity contribution in [2.24, 2.45) is 11.7 Å². The van der Waals surface area contributed by atoms with E-state index in [0.717, 1.165) is 31.2 Å². The van der Waals surface area contributed by atoms with Crippen LogP contribution in [0, 0.1) is 5.92 Å². The van der Waals surface area contributed by atoms with Crippen LogP contribution in [0.5, 0.6) is 0 Å². The van der Waals surface area contributed by atoms with Crippen molar-refractivity contribution in [3.05, 3.63) is 22.5 Å². The van der Waals surface area contributed by atoms with Crippen LogP contribution in [0.1, 0.15) is 54.0 Å². The summed E-state index contributed by atoms with van der Waals surface area (Å²) in [6.07, 6.45) is 5.20. The third-order valence-corrected chi connectivity index (χ3v) is 4.27. The molecule has 92 valence electrons. The predicted octanol–water partition coefficient (Wildman–Crippen LogP) is 1.99. The number of hydrogen-bond donors (Lipinski definition) is 2. The van der Waals surface area contributed by atoms with Crippen LogP contribution in [0.3, 0.4) is 0 Å². The Kier molecular flexibility index (Phi) is 2.24. The minimum atomic E-state index is -0.405. The van der Waals surface area contributed by atoms with Crippen LogP contribution in [0.15, 0.2) is 0 Å². The van der Waals surface area contributed by atoms with Crippen LogP contribution >= 0.6 is 0 Å². The van der Waals surface area contributed by atoms with Crippen LogP contribution in [-0.4, -0.2) is 16.3 Å². The molecule has 3 heteroatoms. The van der Waals surface area contributed by atoms with Gasteiger partial charge in [-0.2, -0.15) is 0 Å². The van der Waals surface area contributed by atoms with E-state index in [1.54, 1.807) is 0 Å². The molecule has 1 aromatic heterocycles. The maximum atomic E-state index is 12.6. The molecular formula is C14H20N2O. The highest BCUT2D eigenvalue weighted by atomic mass is 16.1. The smallest absolute Gasteiger partial charge is 0.169 e. The molecule has 0 spiro atoms. The molecule has 3 nitrogen and oxygen atoms in total. The Balaban J connectivity index is 2.05. The number of nitrogens with one attached hydrogen (secondary N) is 1. The van der Waals surface area contributed by atoms with Gasteiger partial charge in [0.2, 0.25) is 0 Å². The number of aromatic amines is 1. The number of hydrogen-bond acceptors (Lipinski definition) is 2. The van der Waals surface area contributed by atoms with E-state index in [2.05, 4.69) is 4.98 Å². The third kappa shape index (κ3) is 1.56. The molecular weight excluding hydrogens is 212 g/mol. The molecule has 0 saturated heterocycles. The molecule has 3 rings (SSSR count). The molecule has 0 amide bonds. The Morgan fingerprint density at radius 3 is 2.71 bits per heavy atom. The molecule has 0 fully saturated rings. The molecule has 1 heterocycles. The Morgan fingerprint density at radius 2 is 2.00 bits per heavy atom. The summed E-state index contributed by atoms with van der Waals surface area (Å²) in [6.45, 7) is 3.93. The molecule has 0 bridgehead atoms. The molecule has 2 aliphatic carbocycles. The molecule has 1 atom stereocenters. The van der Waals surface area contributed by atoms with Gasteiger partial charge in [-0.3, -0.25) is 4.79 Å². The van der Waals surface area contributed by atoms with Gasteiger partial charge >= 0.3 is 0 Å². The number of ketones is 1. The number of carbonyl (C=O) groups is 1. The largest absolute Gasteiger partial charge is 0.361 e. The van der Waals surface area contributed by atoms with E-state index in [1.165, 1.54) is 23.4 Å². The summed E-state index contributed by atoms with van der Waals surface area (Å²) >= 11 is 0. The van der Waals surface area contributed by atoms with Gasteiger partial charge in [0.1, 0.15) is 0 Å². The molecule has 1 aromatic rings. The molecule has 0 radical (unpaired) electrons. The topological polar surface area (TPSA) is 58.9 Å². The van der Waals surface area contributed by atoms with Gasteiger partial charge in [-0.05, 0) is 51.5 Å². The fourth-order valence-electron chi connectivity index (χ4n) is 3.37. The Morgan fingerprint density at radius 1 is 1.24 bits per heavy atom. The van der Waals surface area contributed by atoms with Crippen LogP contribution in [0.4, 0.5) is 0 Å². The Hall–Kier alpha value is -1.09. The molecule has 0 aliphatic heterocycles. The average Bonchev–Trinajstić information content (AvgIpc) is 2.74. The molecule has 2 aliphatic rings.